The predicted molar refractivity (Wildman–Crippen MR) is 73.9 cm³/mol. The molecule has 0 atom stereocenters. The molecule has 0 saturated heterocycles. The summed E-state index contributed by atoms with van der Waals surface area (Å²) in [5.41, 5.74) is 4.33. The first kappa shape index (κ1) is 15.9. The molecule has 0 unspecified atom stereocenters. The second-order valence-corrected chi connectivity index (χ2v) is 5.06. The van der Waals surface area contributed by atoms with Crippen LogP contribution >= 0.6 is 0 Å². The van der Waals surface area contributed by atoms with Crippen molar-refractivity contribution < 1.29 is 14.1 Å². The molecule has 20 heavy (non-hydrogen) atoms. The Labute approximate surface area is 116 Å². The third-order valence-electron chi connectivity index (χ3n) is 2.93. The molecule has 0 aliphatic carbocycles. The average Bonchev–Trinajstić information content (AvgIpc) is 2.37. The van der Waals surface area contributed by atoms with E-state index in [1.54, 1.807) is 7.05 Å². The Morgan fingerprint density at radius 2 is 2.10 bits per heavy atom. The molecule has 0 fully saturated rings. The van der Waals surface area contributed by atoms with Crippen LogP contribution < -0.4 is 5.73 Å². The maximum absolute atomic E-state index is 13.3. The van der Waals surface area contributed by atoms with Crippen LogP contribution in [0.4, 0.5) is 15.8 Å². The number of nitrogens with two attached hydrogens (primary N) is 1. The highest BCUT2D eigenvalue weighted by Gasteiger charge is 2.25. The number of nitro benzene ring substituents is 1. The highest BCUT2D eigenvalue weighted by Crippen LogP contribution is 2.25. The number of halogens is 1. The van der Waals surface area contributed by atoms with E-state index in [4.69, 9.17) is 5.73 Å². The lowest BCUT2D eigenvalue weighted by molar-refractivity contribution is -0.385. The molecule has 0 radical (unpaired) electrons. The maximum Gasteiger partial charge on any atom is 0.285 e. The summed E-state index contributed by atoms with van der Waals surface area (Å²) in [4.78, 5) is 23.7. The van der Waals surface area contributed by atoms with Crippen molar-refractivity contribution >= 4 is 17.3 Å². The first-order valence-electron chi connectivity index (χ1n) is 6.23. The van der Waals surface area contributed by atoms with Gasteiger partial charge >= 0.3 is 0 Å². The molecule has 1 aromatic rings. The zero-order valence-corrected chi connectivity index (χ0v) is 11.7. The number of hydrogen-bond acceptors (Lipinski definition) is 4. The molecule has 0 aliphatic heterocycles. The van der Waals surface area contributed by atoms with Crippen LogP contribution in [0, 0.1) is 21.8 Å². The molecule has 7 heteroatoms. The fourth-order valence-electron chi connectivity index (χ4n) is 1.66. The lowest BCUT2D eigenvalue weighted by Crippen LogP contribution is -2.29. The van der Waals surface area contributed by atoms with E-state index < -0.39 is 22.3 Å². The van der Waals surface area contributed by atoms with Gasteiger partial charge in [-0.05, 0) is 18.4 Å². The first-order chi connectivity index (χ1) is 9.23. The summed E-state index contributed by atoms with van der Waals surface area (Å²) >= 11 is 0. The van der Waals surface area contributed by atoms with Gasteiger partial charge in [0.1, 0.15) is 5.56 Å². The Morgan fingerprint density at radius 3 is 2.60 bits per heavy atom. The van der Waals surface area contributed by atoms with Gasteiger partial charge in [0, 0.05) is 13.6 Å². The Hall–Kier alpha value is -2.18. The van der Waals surface area contributed by atoms with Crippen LogP contribution in [0.1, 0.15) is 30.6 Å². The third kappa shape index (κ3) is 3.66. The van der Waals surface area contributed by atoms with Gasteiger partial charge in [0.05, 0.1) is 16.7 Å². The van der Waals surface area contributed by atoms with Gasteiger partial charge in [-0.25, -0.2) is 4.39 Å². The van der Waals surface area contributed by atoms with Crippen LogP contribution in [-0.4, -0.2) is 29.3 Å². The van der Waals surface area contributed by atoms with Crippen LogP contribution in [0.2, 0.25) is 0 Å². The van der Waals surface area contributed by atoms with E-state index in [2.05, 4.69) is 0 Å². The summed E-state index contributed by atoms with van der Waals surface area (Å²) in [5.74, 6) is -1.04. The SMILES string of the molecule is CC(C)CCN(C)C(=O)c1cc(N)c(F)cc1[N+](=O)[O-]. The van der Waals surface area contributed by atoms with Crippen LogP contribution in [0.5, 0.6) is 0 Å². The summed E-state index contributed by atoms with van der Waals surface area (Å²) in [5, 5.41) is 10.9. The van der Waals surface area contributed by atoms with Crippen molar-refractivity contribution in [1.82, 2.24) is 4.90 Å². The van der Waals surface area contributed by atoms with Crippen molar-refractivity contribution in [2.45, 2.75) is 20.3 Å². The zero-order valence-electron chi connectivity index (χ0n) is 11.7. The molecule has 0 heterocycles. The smallest absolute Gasteiger partial charge is 0.285 e. The standard InChI is InChI=1S/C13H18FN3O3/c1-8(2)4-5-16(3)13(18)9-6-11(15)10(14)7-12(9)17(19)20/h6-8H,4-5,15H2,1-3H3. The topological polar surface area (TPSA) is 89.5 Å². The van der Waals surface area contributed by atoms with Gasteiger partial charge < -0.3 is 10.6 Å². The molecule has 1 aromatic carbocycles. The number of amides is 1. The molecule has 0 saturated carbocycles. The molecule has 1 amide bonds. The van der Waals surface area contributed by atoms with E-state index in [0.717, 1.165) is 12.5 Å². The highest BCUT2D eigenvalue weighted by molar-refractivity contribution is 5.98. The normalized spacial score (nSPS) is 10.7. The quantitative estimate of drug-likeness (QED) is 0.510. The zero-order chi connectivity index (χ0) is 15.4. The van der Waals surface area contributed by atoms with Gasteiger partial charge in [-0.15, -0.1) is 0 Å². The molecule has 0 bridgehead atoms. The van der Waals surface area contributed by atoms with Gasteiger partial charge in [0.25, 0.3) is 11.6 Å². The average molecular weight is 283 g/mol. The predicted octanol–water partition coefficient (Wildman–Crippen LogP) is 2.43. The summed E-state index contributed by atoms with van der Waals surface area (Å²) in [6.07, 6.45) is 0.771. The minimum absolute atomic E-state index is 0.194. The third-order valence-corrected chi connectivity index (χ3v) is 2.93. The van der Waals surface area contributed by atoms with E-state index in [9.17, 15) is 19.3 Å². The number of hydrogen-bond donors (Lipinski definition) is 1. The van der Waals surface area contributed by atoms with Gasteiger partial charge in [-0.2, -0.15) is 0 Å². The van der Waals surface area contributed by atoms with Crippen molar-refractivity contribution in [2.75, 3.05) is 19.3 Å². The summed E-state index contributed by atoms with van der Waals surface area (Å²) in [6, 6.07) is 1.69. The minimum atomic E-state index is -0.905. The molecule has 0 aliphatic rings. The summed E-state index contributed by atoms with van der Waals surface area (Å²) in [6.45, 7) is 4.48. The van der Waals surface area contributed by atoms with Gasteiger partial charge in [0.15, 0.2) is 5.82 Å². The Morgan fingerprint density at radius 1 is 1.50 bits per heavy atom. The van der Waals surface area contributed by atoms with Crippen molar-refractivity contribution in [3.05, 3.63) is 33.6 Å². The van der Waals surface area contributed by atoms with Crippen molar-refractivity contribution in [3.8, 4) is 0 Å². The number of carbonyl (C=O) groups excluding carboxylic acids is 1. The van der Waals surface area contributed by atoms with Gasteiger partial charge in [-0.3, -0.25) is 14.9 Å². The number of nitrogens with zero attached hydrogens (tertiary/aromatic N) is 2. The fraction of sp³-hybridized carbons (Fsp3) is 0.462. The largest absolute Gasteiger partial charge is 0.396 e. The maximum atomic E-state index is 13.3. The van der Waals surface area contributed by atoms with Crippen molar-refractivity contribution in [1.29, 1.82) is 0 Å². The number of carbonyl (C=O) groups is 1. The molecule has 110 valence electrons. The first-order valence-corrected chi connectivity index (χ1v) is 6.23. The van der Waals surface area contributed by atoms with E-state index in [0.29, 0.717) is 18.5 Å². The van der Waals surface area contributed by atoms with Crippen molar-refractivity contribution in [2.24, 2.45) is 5.92 Å². The number of anilines is 1. The fourth-order valence-corrected chi connectivity index (χ4v) is 1.66. The van der Waals surface area contributed by atoms with E-state index in [1.807, 2.05) is 13.8 Å². The van der Waals surface area contributed by atoms with Gasteiger partial charge in [-0.1, -0.05) is 13.8 Å². The second-order valence-electron chi connectivity index (χ2n) is 5.06. The lowest BCUT2D eigenvalue weighted by atomic mass is 10.1. The number of nitrogen functional groups attached to an aromatic ring is 1. The van der Waals surface area contributed by atoms with Crippen LogP contribution in [-0.2, 0) is 0 Å². The molecular formula is C13H18FN3O3. The molecular weight excluding hydrogens is 265 g/mol. The van der Waals surface area contributed by atoms with Gasteiger partial charge in [0.2, 0.25) is 0 Å². The lowest BCUT2D eigenvalue weighted by Gasteiger charge is -2.18. The van der Waals surface area contributed by atoms with E-state index in [-0.39, 0.29) is 11.3 Å². The molecule has 6 nitrogen and oxygen atoms in total. The number of nitro groups is 1. The van der Waals surface area contributed by atoms with Crippen LogP contribution in [0.25, 0.3) is 0 Å². The monoisotopic (exact) mass is 283 g/mol. The minimum Gasteiger partial charge on any atom is -0.396 e. The second kappa shape index (κ2) is 6.31. The number of benzene rings is 1. The molecule has 0 aromatic heterocycles. The molecule has 0 spiro atoms. The van der Waals surface area contributed by atoms with Crippen molar-refractivity contribution in [3.63, 3.8) is 0 Å². The van der Waals surface area contributed by atoms with E-state index in [1.165, 1.54) is 4.90 Å². The summed E-state index contributed by atoms with van der Waals surface area (Å²) in [7, 11) is 1.55. The highest BCUT2D eigenvalue weighted by atomic mass is 19.1. The van der Waals surface area contributed by atoms with Crippen LogP contribution in [0.15, 0.2) is 12.1 Å². The summed E-state index contributed by atoms with van der Waals surface area (Å²) < 4.78 is 13.3. The molecule has 2 N–H and O–H groups in total. The molecule has 1 rings (SSSR count). The Bertz CT molecular complexity index is 532. The van der Waals surface area contributed by atoms with Crippen LogP contribution in [0.3, 0.4) is 0 Å². The van der Waals surface area contributed by atoms with E-state index >= 15 is 0 Å². The number of rotatable bonds is 5. The Kier molecular flexibility index (Phi) is 5.01. The Balaban J connectivity index is 3.08.